The van der Waals surface area contributed by atoms with E-state index in [4.69, 9.17) is 0 Å². The minimum absolute atomic E-state index is 0.181. The van der Waals surface area contributed by atoms with Crippen LogP contribution in [-0.4, -0.2) is 34.1 Å². The Hall–Kier alpha value is -4.26. The Balaban J connectivity index is 1.50. The topological polar surface area (TPSA) is 98.7 Å². The summed E-state index contributed by atoms with van der Waals surface area (Å²) in [4.78, 5) is 28.8. The van der Waals surface area contributed by atoms with E-state index >= 15 is 0 Å². The van der Waals surface area contributed by atoms with Gasteiger partial charge >= 0.3 is 0 Å². The zero-order valence-corrected chi connectivity index (χ0v) is 27.2. The van der Waals surface area contributed by atoms with E-state index in [2.05, 4.69) is 10.6 Å². The average molecular weight is 619 g/mol. The van der Waals surface area contributed by atoms with Gasteiger partial charge in [-0.1, -0.05) is 155 Å². The minimum Gasteiger partial charge on any atom is -0.378 e. The molecule has 1 aliphatic carbocycles. The van der Waals surface area contributed by atoms with Crippen molar-refractivity contribution in [3.63, 3.8) is 0 Å². The molecule has 0 heterocycles. The molecule has 240 valence electrons. The molecule has 4 N–H and O–H groups in total. The van der Waals surface area contributed by atoms with Crippen LogP contribution in [0.2, 0.25) is 0 Å². The van der Waals surface area contributed by atoms with Gasteiger partial charge < -0.3 is 20.8 Å². The van der Waals surface area contributed by atoms with E-state index in [-0.39, 0.29) is 11.8 Å². The smallest absolute Gasteiger partial charge is 0.236 e. The second kappa shape index (κ2) is 13.6. The van der Waals surface area contributed by atoms with Crippen molar-refractivity contribution in [1.82, 2.24) is 10.6 Å². The summed E-state index contributed by atoms with van der Waals surface area (Å²) < 4.78 is 0. The lowest BCUT2D eigenvalue weighted by atomic mass is 9.66. The Morgan fingerprint density at radius 1 is 0.543 bits per heavy atom. The number of aliphatic hydroxyl groups is 2. The number of hydrogen-bond acceptors (Lipinski definition) is 4. The molecule has 0 radical (unpaired) electrons. The zero-order chi connectivity index (χ0) is 33.0. The lowest BCUT2D eigenvalue weighted by Crippen LogP contribution is -2.64. The van der Waals surface area contributed by atoms with Crippen LogP contribution in [0.1, 0.15) is 69.2 Å². The van der Waals surface area contributed by atoms with Crippen LogP contribution in [-0.2, 0) is 20.8 Å². The van der Waals surface area contributed by atoms with E-state index < -0.39 is 40.5 Å². The van der Waals surface area contributed by atoms with Gasteiger partial charge in [0.1, 0.15) is 16.6 Å². The normalized spacial score (nSPS) is 15.9. The molecule has 2 amide bonds. The number of carbonyl (C=O) groups is 2. The molecule has 1 saturated carbocycles. The van der Waals surface area contributed by atoms with Crippen molar-refractivity contribution in [2.75, 3.05) is 0 Å². The summed E-state index contributed by atoms with van der Waals surface area (Å²) >= 11 is 0. The first kappa shape index (κ1) is 33.1. The highest BCUT2D eigenvalue weighted by atomic mass is 16.3. The Bertz CT molecular complexity index is 1390. The van der Waals surface area contributed by atoms with Crippen LogP contribution >= 0.6 is 0 Å². The first-order valence-electron chi connectivity index (χ1n) is 16.3. The summed E-state index contributed by atoms with van der Waals surface area (Å²) in [5.41, 5.74) is -1.80. The molecule has 1 fully saturated rings. The Morgan fingerprint density at radius 2 is 0.804 bits per heavy atom. The predicted molar refractivity (Wildman–Crippen MR) is 182 cm³/mol. The van der Waals surface area contributed by atoms with Gasteiger partial charge in [0.2, 0.25) is 11.8 Å². The maximum atomic E-state index is 14.4. The van der Waals surface area contributed by atoms with E-state index in [1.54, 1.807) is 0 Å². The van der Waals surface area contributed by atoms with Crippen molar-refractivity contribution in [3.8, 4) is 0 Å². The monoisotopic (exact) mass is 618 g/mol. The molecule has 0 aromatic heterocycles. The molecule has 4 aromatic rings. The van der Waals surface area contributed by atoms with E-state index in [1.165, 1.54) is 0 Å². The van der Waals surface area contributed by atoms with Gasteiger partial charge in [-0.15, -0.1) is 0 Å². The summed E-state index contributed by atoms with van der Waals surface area (Å²) in [5, 5.41) is 31.5. The summed E-state index contributed by atoms with van der Waals surface area (Å²) in [6, 6.07) is 36.0. The van der Waals surface area contributed by atoms with Gasteiger partial charge in [-0.05, 0) is 46.9 Å². The van der Waals surface area contributed by atoms with Crippen LogP contribution in [0.5, 0.6) is 0 Å². The third-order valence-electron chi connectivity index (χ3n) is 9.74. The van der Waals surface area contributed by atoms with Crippen LogP contribution in [0.15, 0.2) is 121 Å². The molecule has 46 heavy (non-hydrogen) atoms. The standard InChI is InChI=1S/C40H46N2O4/c1-28(2)34(39(45,30-18-9-5-10-19-30)31-20-11-6-12-21-31)41-36(43)38(26-17-27-38)37(44)42-35(29(3)4)40(46,32-22-13-7-14-23-32)33-24-15-8-16-25-33/h5-16,18-25,28-29,34-35,45-46H,17,26-27H2,1-4H3,(H,41,43)(H,42,44)/t34-,35-/m1/s1. The largest absolute Gasteiger partial charge is 0.378 e. The number of rotatable bonds is 12. The highest BCUT2D eigenvalue weighted by Crippen LogP contribution is 2.45. The molecule has 6 nitrogen and oxygen atoms in total. The molecule has 1 aliphatic rings. The molecule has 0 unspecified atom stereocenters. The molecule has 5 rings (SSSR count). The van der Waals surface area contributed by atoms with Crippen LogP contribution in [0, 0.1) is 17.3 Å². The van der Waals surface area contributed by atoms with Crippen molar-refractivity contribution in [3.05, 3.63) is 144 Å². The summed E-state index contributed by atoms with van der Waals surface area (Å²) in [6.07, 6.45) is 1.48. The van der Waals surface area contributed by atoms with Crippen molar-refractivity contribution < 1.29 is 19.8 Å². The number of carbonyl (C=O) groups excluding carboxylic acids is 2. The second-order valence-electron chi connectivity index (χ2n) is 13.3. The minimum atomic E-state index is -1.55. The van der Waals surface area contributed by atoms with Crippen LogP contribution < -0.4 is 10.6 Å². The molecule has 0 spiro atoms. The summed E-state index contributed by atoms with van der Waals surface area (Å²) in [5.74, 6) is -1.19. The first-order chi connectivity index (χ1) is 22.0. The molecule has 2 atom stereocenters. The van der Waals surface area contributed by atoms with E-state index in [9.17, 15) is 19.8 Å². The van der Waals surface area contributed by atoms with E-state index in [1.807, 2.05) is 149 Å². The highest BCUT2D eigenvalue weighted by Gasteiger charge is 2.55. The Kier molecular flexibility index (Phi) is 9.80. The van der Waals surface area contributed by atoms with E-state index in [0.29, 0.717) is 35.1 Å². The maximum absolute atomic E-state index is 14.4. The van der Waals surface area contributed by atoms with Gasteiger partial charge in [0.05, 0.1) is 12.1 Å². The fourth-order valence-electron chi connectivity index (χ4n) is 6.97. The number of hydrogen-bond donors (Lipinski definition) is 4. The van der Waals surface area contributed by atoms with Crippen molar-refractivity contribution in [1.29, 1.82) is 0 Å². The van der Waals surface area contributed by atoms with Crippen molar-refractivity contribution in [2.24, 2.45) is 17.3 Å². The van der Waals surface area contributed by atoms with Gasteiger partial charge in [0.25, 0.3) is 0 Å². The third-order valence-corrected chi connectivity index (χ3v) is 9.74. The quantitative estimate of drug-likeness (QED) is 0.140. The third kappa shape index (κ3) is 6.00. The molecular formula is C40H46N2O4. The molecule has 0 aliphatic heterocycles. The van der Waals surface area contributed by atoms with Crippen LogP contribution in [0.3, 0.4) is 0 Å². The second-order valence-corrected chi connectivity index (χ2v) is 13.3. The van der Waals surface area contributed by atoms with Gasteiger partial charge in [0, 0.05) is 0 Å². The first-order valence-corrected chi connectivity index (χ1v) is 16.3. The Morgan fingerprint density at radius 3 is 1.00 bits per heavy atom. The Labute approximate surface area is 272 Å². The fraction of sp³-hybridized carbons (Fsp3) is 0.350. The van der Waals surface area contributed by atoms with E-state index in [0.717, 1.165) is 6.42 Å². The van der Waals surface area contributed by atoms with Crippen molar-refractivity contribution >= 4 is 11.8 Å². The van der Waals surface area contributed by atoms with Gasteiger partial charge in [0.15, 0.2) is 0 Å². The SMILES string of the molecule is CC(C)[C@@H](NC(=O)C1(C(=O)N[C@H](C(C)C)C(O)(c2ccccc2)c2ccccc2)CCC1)C(O)(c1ccccc1)c1ccccc1. The molecular weight excluding hydrogens is 572 g/mol. The number of amides is 2. The maximum Gasteiger partial charge on any atom is 0.236 e. The molecule has 0 saturated heterocycles. The molecule has 0 bridgehead atoms. The highest BCUT2D eigenvalue weighted by molar-refractivity contribution is 6.06. The lowest BCUT2D eigenvalue weighted by Gasteiger charge is -2.46. The average Bonchev–Trinajstić information content (AvgIpc) is 3.06. The van der Waals surface area contributed by atoms with Crippen LogP contribution in [0.25, 0.3) is 0 Å². The molecule has 6 heteroatoms. The zero-order valence-electron chi connectivity index (χ0n) is 27.2. The fourth-order valence-corrected chi connectivity index (χ4v) is 6.97. The summed E-state index contributed by atoms with van der Waals surface area (Å²) in [7, 11) is 0. The predicted octanol–water partition coefficient (Wildman–Crippen LogP) is 6.31. The van der Waals surface area contributed by atoms with Crippen LogP contribution in [0.4, 0.5) is 0 Å². The molecule has 4 aromatic carbocycles. The summed E-state index contributed by atoms with van der Waals surface area (Å²) in [6.45, 7) is 7.85. The van der Waals surface area contributed by atoms with Crippen molar-refractivity contribution in [2.45, 2.75) is 70.2 Å². The number of nitrogens with one attached hydrogen (secondary N) is 2. The van der Waals surface area contributed by atoms with Gasteiger partial charge in [-0.3, -0.25) is 9.59 Å². The lowest BCUT2D eigenvalue weighted by molar-refractivity contribution is -0.153. The van der Waals surface area contributed by atoms with Gasteiger partial charge in [-0.2, -0.15) is 0 Å². The van der Waals surface area contributed by atoms with Gasteiger partial charge in [-0.25, -0.2) is 0 Å². The number of benzene rings is 4.